The van der Waals surface area contributed by atoms with Crippen LogP contribution in [-0.4, -0.2) is 72.0 Å². The van der Waals surface area contributed by atoms with E-state index in [-0.39, 0.29) is 13.2 Å². The van der Waals surface area contributed by atoms with Crippen LogP contribution in [0.3, 0.4) is 0 Å². The first-order chi connectivity index (χ1) is 16.5. The number of hydrogen-bond donors (Lipinski definition) is 1. The summed E-state index contributed by atoms with van der Waals surface area (Å²) >= 11 is 5.93. The molecule has 0 amide bonds. The monoisotopic (exact) mass is 487 g/mol. The van der Waals surface area contributed by atoms with E-state index in [9.17, 15) is 5.11 Å². The minimum absolute atomic E-state index is 0.121. The van der Waals surface area contributed by atoms with Gasteiger partial charge in [0.05, 0.1) is 26.9 Å². The van der Waals surface area contributed by atoms with Crippen LogP contribution in [0.2, 0.25) is 5.02 Å². The molecule has 4 rings (SSSR count). The minimum Gasteiger partial charge on any atom is -0.493 e. The Morgan fingerprint density at radius 3 is 2.76 bits per heavy atom. The highest BCUT2D eigenvalue weighted by atomic mass is 35.5. The van der Waals surface area contributed by atoms with E-state index in [1.807, 2.05) is 35.1 Å². The molecule has 34 heavy (non-hydrogen) atoms. The zero-order valence-corrected chi connectivity index (χ0v) is 20.0. The predicted molar refractivity (Wildman–Crippen MR) is 129 cm³/mol. The van der Waals surface area contributed by atoms with Crippen LogP contribution in [0.15, 0.2) is 60.9 Å². The molecule has 1 aliphatic rings. The second-order valence-corrected chi connectivity index (χ2v) is 8.77. The molecule has 0 radical (unpaired) electrons. The van der Waals surface area contributed by atoms with Gasteiger partial charge >= 0.3 is 0 Å². The number of nitrogens with zero attached hydrogens (tertiary/aromatic N) is 3. The van der Waals surface area contributed by atoms with Crippen molar-refractivity contribution in [3.05, 3.63) is 71.5 Å². The first-order valence-corrected chi connectivity index (χ1v) is 11.6. The zero-order valence-electron chi connectivity index (χ0n) is 19.2. The SMILES string of the molecule is COc1ccc(CN2CCOC[C@@](O)(COc3ccc(Cl)cc3)C2)cc1OCCn1cccn1. The van der Waals surface area contributed by atoms with Crippen molar-refractivity contribution in [3.63, 3.8) is 0 Å². The molecule has 3 aromatic rings. The lowest BCUT2D eigenvalue weighted by atomic mass is 10.1. The Hall–Kier alpha value is -2.78. The Morgan fingerprint density at radius 1 is 1.15 bits per heavy atom. The zero-order chi connectivity index (χ0) is 23.8. The fourth-order valence-electron chi connectivity index (χ4n) is 3.84. The molecule has 1 N–H and O–H groups in total. The summed E-state index contributed by atoms with van der Waals surface area (Å²) in [5.41, 5.74) is -0.0798. The largest absolute Gasteiger partial charge is 0.493 e. The Kier molecular flexibility index (Phi) is 8.29. The molecule has 1 saturated heterocycles. The maximum Gasteiger partial charge on any atom is 0.161 e. The van der Waals surface area contributed by atoms with Crippen LogP contribution in [-0.2, 0) is 17.8 Å². The van der Waals surface area contributed by atoms with Crippen LogP contribution < -0.4 is 14.2 Å². The molecule has 2 heterocycles. The molecule has 1 aliphatic heterocycles. The van der Waals surface area contributed by atoms with Gasteiger partial charge in [-0.3, -0.25) is 9.58 Å². The smallest absolute Gasteiger partial charge is 0.161 e. The van der Waals surface area contributed by atoms with Gasteiger partial charge in [0.2, 0.25) is 0 Å². The lowest BCUT2D eigenvalue weighted by Gasteiger charge is -2.30. The molecule has 1 atom stereocenters. The van der Waals surface area contributed by atoms with E-state index in [1.165, 1.54) is 0 Å². The third kappa shape index (κ3) is 6.87. The first-order valence-electron chi connectivity index (χ1n) is 11.2. The molecule has 1 fully saturated rings. The van der Waals surface area contributed by atoms with Gasteiger partial charge in [0.1, 0.15) is 24.6 Å². The maximum atomic E-state index is 11.2. The van der Waals surface area contributed by atoms with Crippen molar-refractivity contribution in [3.8, 4) is 17.2 Å². The van der Waals surface area contributed by atoms with Gasteiger partial charge in [-0.05, 0) is 48.0 Å². The van der Waals surface area contributed by atoms with Crippen molar-refractivity contribution in [2.75, 3.05) is 46.6 Å². The molecule has 1 aromatic heterocycles. The molecule has 0 saturated carbocycles. The van der Waals surface area contributed by atoms with E-state index < -0.39 is 5.60 Å². The number of β-amino-alcohol motifs (C(OH)–C–C–N with tert-alkyl or cyclic N) is 1. The number of hydrogen-bond acceptors (Lipinski definition) is 7. The topological polar surface area (TPSA) is 78.2 Å². The second-order valence-electron chi connectivity index (χ2n) is 8.33. The van der Waals surface area contributed by atoms with Crippen molar-refractivity contribution in [1.82, 2.24) is 14.7 Å². The summed E-state index contributed by atoms with van der Waals surface area (Å²) in [7, 11) is 1.63. The summed E-state index contributed by atoms with van der Waals surface area (Å²) in [5, 5.41) is 16.0. The van der Waals surface area contributed by atoms with Crippen molar-refractivity contribution in [1.29, 1.82) is 0 Å². The molecule has 2 aromatic carbocycles. The van der Waals surface area contributed by atoms with Gasteiger partial charge in [-0.1, -0.05) is 17.7 Å². The summed E-state index contributed by atoms with van der Waals surface area (Å²) < 4.78 is 24.8. The van der Waals surface area contributed by atoms with E-state index in [1.54, 1.807) is 37.6 Å². The summed E-state index contributed by atoms with van der Waals surface area (Å²) in [4.78, 5) is 2.16. The van der Waals surface area contributed by atoms with Gasteiger partial charge in [-0.25, -0.2) is 0 Å². The van der Waals surface area contributed by atoms with Gasteiger partial charge in [-0.2, -0.15) is 5.10 Å². The number of aliphatic hydroxyl groups is 1. The van der Waals surface area contributed by atoms with Gasteiger partial charge in [0.15, 0.2) is 11.5 Å². The van der Waals surface area contributed by atoms with E-state index in [2.05, 4.69) is 10.00 Å². The highest BCUT2D eigenvalue weighted by molar-refractivity contribution is 6.30. The van der Waals surface area contributed by atoms with Crippen LogP contribution in [0, 0.1) is 0 Å². The third-order valence-electron chi connectivity index (χ3n) is 5.53. The second kappa shape index (κ2) is 11.6. The number of rotatable bonds is 10. The molecule has 182 valence electrons. The number of methoxy groups -OCH3 is 1. The molecule has 0 unspecified atom stereocenters. The summed E-state index contributed by atoms with van der Waals surface area (Å²) in [6, 6.07) is 14.9. The van der Waals surface area contributed by atoms with Crippen LogP contribution >= 0.6 is 11.6 Å². The lowest BCUT2D eigenvalue weighted by molar-refractivity contribution is -0.0646. The Bertz CT molecular complexity index is 1030. The summed E-state index contributed by atoms with van der Waals surface area (Å²) in [6.07, 6.45) is 3.64. The highest BCUT2D eigenvalue weighted by Gasteiger charge is 2.33. The number of benzene rings is 2. The molecule has 0 aliphatic carbocycles. The summed E-state index contributed by atoms with van der Waals surface area (Å²) in [5.74, 6) is 2.01. The number of aromatic nitrogens is 2. The normalized spacial score (nSPS) is 18.9. The molecule has 0 bridgehead atoms. The molecule has 8 nitrogen and oxygen atoms in total. The van der Waals surface area contributed by atoms with Crippen molar-refractivity contribution >= 4 is 11.6 Å². The van der Waals surface area contributed by atoms with Crippen molar-refractivity contribution in [2.45, 2.75) is 18.7 Å². The third-order valence-corrected chi connectivity index (χ3v) is 5.78. The summed E-state index contributed by atoms with van der Waals surface area (Å²) in [6.45, 7) is 3.73. The fourth-order valence-corrected chi connectivity index (χ4v) is 3.97. The Labute approximate surface area is 204 Å². The first kappa shape index (κ1) is 24.3. The van der Waals surface area contributed by atoms with Crippen LogP contribution in [0.25, 0.3) is 0 Å². The van der Waals surface area contributed by atoms with E-state index in [0.717, 1.165) is 5.56 Å². The van der Waals surface area contributed by atoms with Gasteiger partial charge in [-0.15, -0.1) is 0 Å². The van der Waals surface area contributed by atoms with E-state index in [4.69, 9.17) is 30.5 Å². The van der Waals surface area contributed by atoms with Gasteiger partial charge in [0.25, 0.3) is 0 Å². The van der Waals surface area contributed by atoms with Gasteiger partial charge < -0.3 is 24.1 Å². The molecular formula is C25H30ClN3O5. The molecular weight excluding hydrogens is 458 g/mol. The van der Waals surface area contributed by atoms with Crippen molar-refractivity contribution in [2.24, 2.45) is 0 Å². The number of halogens is 1. The number of ether oxygens (including phenoxy) is 4. The standard InChI is InChI=1S/C25H30ClN3O5/c1-31-23-8-3-20(15-24(23)33-14-12-29-10-2-9-27-29)16-28-11-13-32-18-25(30,17-28)19-34-22-6-4-21(26)5-7-22/h2-10,15,30H,11-14,16-19H2,1H3/t25-/m1/s1. The lowest BCUT2D eigenvalue weighted by Crippen LogP contribution is -2.48. The predicted octanol–water partition coefficient (Wildman–Crippen LogP) is 3.27. The van der Waals surface area contributed by atoms with Crippen LogP contribution in [0.1, 0.15) is 5.56 Å². The molecule has 0 spiro atoms. The quantitative estimate of drug-likeness (QED) is 0.470. The Balaban J connectivity index is 1.37. The maximum absolute atomic E-state index is 11.2. The Morgan fingerprint density at radius 2 is 2.00 bits per heavy atom. The van der Waals surface area contributed by atoms with Crippen LogP contribution in [0.4, 0.5) is 0 Å². The average molecular weight is 488 g/mol. The van der Waals surface area contributed by atoms with Crippen molar-refractivity contribution < 1.29 is 24.1 Å². The average Bonchev–Trinajstić information content (AvgIpc) is 3.28. The van der Waals surface area contributed by atoms with Gasteiger partial charge in [0, 0.05) is 37.1 Å². The van der Waals surface area contributed by atoms with E-state index in [0.29, 0.717) is 61.7 Å². The minimum atomic E-state index is -1.13. The fraction of sp³-hybridized carbons (Fsp3) is 0.400. The van der Waals surface area contributed by atoms with E-state index >= 15 is 0 Å². The highest BCUT2D eigenvalue weighted by Crippen LogP contribution is 2.29. The van der Waals surface area contributed by atoms with Crippen LogP contribution in [0.5, 0.6) is 17.2 Å². The molecule has 9 heteroatoms.